The lowest BCUT2D eigenvalue weighted by atomic mass is 10.1. The van der Waals surface area contributed by atoms with Crippen LogP contribution in [0.15, 0.2) is 24.3 Å². The molecule has 1 aliphatic heterocycles. The van der Waals surface area contributed by atoms with Gasteiger partial charge in [-0.15, -0.1) is 0 Å². The van der Waals surface area contributed by atoms with Crippen LogP contribution in [0.25, 0.3) is 0 Å². The molecule has 0 aromatic heterocycles. The summed E-state index contributed by atoms with van der Waals surface area (Å²) >= 11 is 5.95. The molecule has 100 valence electrons. The van der Waals surface area contributed by atoms with Crippen molar-refractivity contribution in [1.82, 2.24) is 10.2 Å². The number of hydrogen-bond donors (Lipinski definition) is 2. The summed E-state index contributed by atoms with van der Waals surface area (Å²) in [6.07, 6.45) is 1.16. The molecule has 0 saturated carbocycles. The minimum atomic E-state index is 0.638. The third-order valence-corrected chi connectivity index (χ3v) is 3.73. The Kier molecular flexibility index (Phi) is 5.29. The highest BCUT2D eigenvalue weighted by Crippen LogP contribution is 2.15. The molecule has 1 unspecified atom stereocenters. The first-order chi connectivity index (χ1) is 8.75. The number of nitrogens with zero attached hydrogens (tertiary/aromatic N) is 1. The van der Waals surface area contributed by atoms with Gasteiger partial charge >= 0.3 is 0 Å². The Balaban J connectivity index is 1.71. The number of rotatable bonds is 5. The second-order valence-electron chi connectivity index (χ2n) is 4.86. The zero-order valence-corrected chi connectivity index (χ0v) is 11.7. The zero-order chi connectivity index (χ0) is 12.8. The summed E-state index contributed by atoms with van der Waals surface area (Å²) in [5, 5.41) is 7.60. The second-order valence-corrected chi connectivity index (χ2v) is 5.30. The van der Waals surface area contributed by atoms with Crippen LogP contribution in [0.1, 0.15) is 13.3 Å². The van der Waals surface area contributed by atoms with Crippen molar-refractivity contribution in [2.45, 2.75) is 19.4 Å². The molecule has 2 rings (SSSR count). The molecule has 1 aromatic rings. The molecular weight excluding hydrogens is 246 g/mol. The lowest BCUT2D eigenvalue weighted by Gasteiger charge is -2.32. The molecule has 0 bridgehead atoms. The van der Waals surface area contributed by atoms with Gasteiger partial charge in [0, 0.05) is 49.5 Å². The summed E-state index contributed by atoms with van der Waals surface area (Å²) in [6.45, 7) is 7.87. The molecule has 18 heavy (non-hydrogen) atoms. The van der Waals surface area contributed by atoms with Crippen LogP contribution in [0.5, 0.6) is 0 Å². The van der Waals surface area contributed by atoms with Crippen LogP contribution in [-0.4, -0.2) is 43.7 Å². The molecule has 2 N–H and O–H groups in total. The molecule has 0 aliphatic carbocycles. The first-order valence-corrected chi connectivity index (χ1v) is 7.08. The third kappa shape index (κ3) is 4.16. The molecule has 1 atom stereocenters. The van der Waals surface area contributed by atoms with Crippen LogP contribution in [0, 0.1) is 0 Å². The van der Waals surface area contributed by atoms with Gasteiger partial charge in [-0.3, -0.25) is 4.90 Å². The summed E-state index contributed by atoms with van der Waals surface area (Å²) < 4.78 is 0. The Morgan fingerprint density at radius 1 is 1.39 bits per heavy atom. The van der Waals surface area contributed by atoms with Crippen molar-refractivity contribution in [2.75, 3.05) is 38.0 Å². The Morgan fingerprint density at radius 2 is 2.17 bits per heavy atom. The van der Waals surface area contributed by atoms with Crippen molar-refractivity contribution >= 4 is 17.3 Å². The quantitative estimate of drug-likeness (QED) is 0.858. The van der Waals surface area contributed by atoms with E-state index in [0.717, 1.165) is 36.8 Å². The van der Waals surface area contributed by atoms with E-state index in [1.165, 1.54) is 13.1 Å². The normalized spacial score (nSPS) is 18.6. The predicted octanol–water partition coefficient (Wildman–Crippen LogP) is 2.44. The van der Waals surface area contributed by atoms with E-state index >= 15 is 0 Å². The van der Waals surface area contributed by atoms with Gasteiger partial charge < -0.3 is 10.6 Å². The molecule has 3 nitrogen and oxygen atoms in total. The number of halogens is 1. The maximum atomic E-state index is 5.95. The van der Waals surface area contributed by atoms with E-state index in [-0.39, 0.29) is 0 Å². The summed E-state index contributed by atoms with van der Waals surface area (Å²) in [5.41, 5.74) is 1.11. The van der Waals surface area contributed by atoms with Gasteiger partial charge in [0.1, 0.15) is 0 Å². The standard InChI is InChI=1S/C14H22ClN3/c1-12(18-9-7-16-8-10-18)5-6-17-14-4-2-3-13(15)11-14/h2-4,11-12,16-17H,5-10H2,1H3. The minimum absolute atomic E-state index is 0.638. The number of nitrogens with one attached hydrogen (secondary N) is 2. The van der Waals surface area contributed by atoms with Crippen LogP contribution in [0.4, 0.5) is 5.69 Å². The fourth-order valence-electron chi connectivity index (χ4n) is 2.33. The average molecular weight is 268 g/mol. The van der Waals surface area contributed by atoms with Gasteiger partial charge in [0.05, 0.1) is 0 Å². The second kappa shape index (κ2) is 6.98. The topological polar surface area (TPSA) is 27.3 Å². The molecule has 0 radical (unpaired) electrons. The van der Waals surface area contributed by atoms with E-state index < -0.39 is 0 Å². The first-order valence-electron chi connectivity index (χ1n) is 6.70. The molecule has 1 saturated heterocycles. The smallest absolute Gasteiger partial charge is 0.0426 e. The molecule has 1 aromatic carbocycles. The van der Waals surface area contributed by atoms with E-state index in [1.54, 1.807) is 0 Å². The largest absolute Gasteiger partial charge is 0.385 e. The van der Waals surface area contributed by atoms with E-state index in [1.807, 2.05) is 18.2 Å². The molecular formula is C14H22ClN3. The van der Waals surface area contributed by atoms with E-state index in [0.29, 0.717) is 6.04 Å². The van der Waals surface area contributed by atoms with Crippen molar-refractivity contribution in [3.8, 4) is 0 Å². The fraction of sp³-hybridized carbons (Fsp3) is 0.571. The summed E-state index contributed by atoms with van der Waals surface area (Å²) in [5.74, 6) is 0. The Hall–Kier alpha value is -0.770. The zero-order valence-electron chi connectivity index (χ0n) is 11.0. The lowest BCUT2D eigenvalue weighted by molar-refractivity contribution is 0.179. The predicted molar refractivity (Wildman–Crippen MR) is 78.5 cm³/mol. The first kappa shape index (κ1) is 13.7. The number of anilines is 1. The van der Waals surface area contributed by atoms with Crippen molar-refractivity contribution in [3.63, 3.8) is 0 Å². The third-order valence-electron chi connectivity index (χ3n) is 3.49. The number of hydrogen-bond acceptors (Lipinski definition) is 3. The van der Waals surface area contributed by atoms with E-state index in [9.17, 15) is 0 Å². The highest BCUT2D eigenvalue weighted by molar-refractivity contribution is 6.30. The molecule has 1 heterocycles. The maximum absolute atomic E-state index is 5.95. The highest BCUT2D eigenvalue weighted by atomic mass is 35.5. The van der Waals surface area contributed by atoms with Gasteiger partial charge in [0.2, 0.25) is 0 Å². The monoisotopic (exact) mass is 267 g/mol. The Labute approximate surface area is 115 Å². The Bertz CT molecular complexity index is 364. The molecule has 1 fully saturated rings. The van der Waals surface area contributed by atoms with Crippen LogP contribution < -0.4 is 10.6 Å². The van der Waals surface area contributed by atoms with Gasteiger partial charge in [0.15, 0.2) is 0 Å². The van der Waals surface area contributed by atoms with Crippen LogP contribution in [0.2, 0.25) is 5.02 Å². The molecule has 4 heteroatoms. The van der Waals surface area contributed by atoms with E-state index in [4.69, 9.17) is 11.6 Å². The van der Waals surface area contributed by atoms with Crippen LogP contribution in [-0.2, 0) is 0 Å². The van der Waals surface area contributed by atoms with Crippen LogP contribution in [0.3, 0.4) is 0 Å². The lowest BCUT2D eigenvalue weighted by Crippen LogP contribution is -2.47. The average Bonchev–Trinajstić information content (AvgIpc) is 2.40. The summed E-state index contributed by atoms with van der Waals surface area (Å²) in [6, 6.07) is 8.54. The summed E-state index contributed by atoms with van der Waals surface area (Å²) in [4.78, 5) is 2.55. The van der Waals surface area contributed by atoms with Gasteiger partial charge in [0.25, 0.3) is 0 Å². The van der Waals surface area contributed by atoms with Crippen molar-refractivity contribution < 1.29 is 0 Å². The maximum Gasteiger partial charge on any atom is 0.0426 e. The molecule has 1 aliphatic rings. The molecule has 0 amide bonds. The Morgan fingerprint density at radius 3 is 2.89 bits per heavy atom. The van der Waals surface area contributed by atoms with Gasteiger partial charge in [-0.25, -0.2) is 0 Å². The van der Waals surface area contributed by atoms with Gasteiger partial charge in [-0.05, 0) is 31.5 Å². The van der Waals surface area contributed by atoms with Crippen LogP contribution >= 0.6 is 11.6 Å². The number of benzene rings is 1. The fourth-order valence-corrected chi connectivity index (χ4v) is 2.52. The van der Waals surface area contributed by atoms with Gasteiger partial charge in [-0.2, -0.15) is 0 Å². The summed E-state index contributed by atoms with van der Waals surface area (Å²) in [7, 11) is 0. The SMILES string of the molecule is CC(CCNc1cccc(Cl)c1)N1CCNCC1. The van der Waals surface area contributed by atoms with E-state index in [2.05, 4.69) is 28.5 Å². The number of piperazine rings is 1. The van der Waals surface area contributed by atoms with Crippen molar-refractivity contribution in [1.29, 1.82) is 0 Å². The van der Waals surface area contributed by atoms with Crippen molar-refractivity contribution in [2.24, 2.45) is 0 Å². The van der Waals surface area contributed by atoms with Gasteiger partial charge in [-0.1, -0.05) is 17.7 Å². The highest BCUT2D eigenvalue weighted by Gasteiger charge is 2.15. The molecule has 0 spiro atoms. The van der Waals surface area contributed by atoms with Crippen molar-refractivity contribution in [3.05, 3.63) is 29.3 Å². The minimum Gasteiger partial charge on any atom is -0.385 e.